The first-order valence-corrected chi connectivity index (χ1v) is 12.9. The zero-order chi connectivity index (χ0) is 24.0. The Morgan fingerprint density at radius 3 is 2.39 bits per heavy atom. The first kappa shape index (κ1) is 22.9. The molecular formula is C29H40O4. The van der Waals surface area contributed by atoms with E-state index in [2.05, 4.69) is 27.7 Å². The lowest BCUT2D eigenvalue weighted by Gasteiger charge is -2.57. The summed E-state index contributed by atoms with van der Waals surface area (Å²) in [7, 11) is 0. The van der Waals surface area contributed by atoms with Gasteiger partial charge >= 0.3 is 5.97 Å². The minimum absolute atomic E-state index is 0.0102. The molecule has 0 unspecified atom stereocenters. The molecule has 1 aromatic rings. The van der Waals surface area contributed by atoms with Crippen molar-refractivity contribution in [1.29, 1.82) is 0 Å². The Bertz CT molecular complexity index is 1050. The fourth-order valence-corrected chi connectivity index (χ4v) is 9.22. The molecule has 2 saturated carbocycles. The van der Waals surface area contributed by atoms with Crippen LogP contribution in [0.5, 0.6) is 0 Å². The monoisotopic (exact) mass is 452 g/mol. The molecule has 0 saturated heterocycles. The van der Waals surface area contributed by atoms with E-state index in [4.69, 9.17) is 4.42 Å². The summed E-state index contributed by atoms with van der Waals surface area (Å²) in [4.78, 5) is 25.5. The van der Waals surface area contributed by atoms with Gasteiger partial charge in [-0.05, 0) is 105 Å². The van der Waals surface area contributed by atoms with Crippen LogP contribution in [0.1, 0.15) is 102 Å². The van der Waals surface area contributed by atoms with Crippen molar-refractivity contribution in [3.05, 3.63) is 34.8 Å². The van der Waals surface area contributed by atoms with Gasteiger partial charge in [-0.3, -0.25) is 9.59 Å². The van der Waals surface area contributed by atoms with Crippen LogP contribution in [0.3, 0.4) is 0 Å². The normalized spacial score (nSPS) is 43.1. The summed E-state index contributed by atoms with van der Waals surface area (Å²) in [5.41, 5.74) is 3.79. The Morgan fingerprint density at radius 2 is 1.76 bits per heavy atom. The fourth-order valence-electron chi connectivity index (χ4n) is 9.22. The van der Waals surface area contributed by atoms with E-state index in [1.807, 2.05) is 19.9 Å². The maximum atomic E-state index is 13.3. The standard InChI is InChI=1S/C29H40O4/c1-17-15-22(33-16-17)24(30)18(2)19-9-11-29(6)21-7-8-23-26(3,13-14-27(23,4)25(31)32)20(21)10-12-28(19,29)5/h15-16,18-19,23H,7-14H2,1-6H3,(H,31,32)/t18-,19+,23+,26+,27+,28+,29-/m0/s1. The first-order valence-electron chi connectivity index (χ1n) is 12.9. The first-order chi connectivity index (χ1) is 15.4. The Labute approximate surface area is 198 Å². The molecule has 1 heterocycles. The summed E-state index contributed by atoms with van der Waals surface area (Å²) in [5, 5.41) is 10.1. The van der Waals surface area contributed by atoms with Crippen LogP contribution in [0, 0.1) is 46.3 Å². The highest BCUT2D eigenvalue weighted by atomic mass is 16.4. The van der Waals surface area contributed by atoms with Crippen LogP contribution in [0.4, 0.5) is 0 Å². The summed E-state index contributed by atoms with van der Waals surface area (Å²) < 4.78 is 5.58. The van der Waals surface area contributed by atoms with Gasteiger partial charge in [0.05, 0.1) is 11.7 Å². The molecule has 0 aromatic carbocycles. The van der Waals surface area contributed by atoms with Crippen LogP contribution >= 0.6 is 0 Å². The van der Waals surface area contributed by atoms with Gasteiger partial charge in [0.25, 0.3) is 0 Å². The van der Waals surface area contributed by atoms with Gasteiger partial charge in [0.15, 0.2) is 5.76 Å². The van der Waals surface area contributed by atoms with Crippen LogP contribution in [0.15, 0.2) is 27.9 Å². The molecule has 4 aliphatic rings. The molecule has 7 atom stereocenters. The molecular weight excluding hydrogens is 412 g/mol. The van der Waals surface area contributed by atoms with Crippen molar-refractivity contribution < 1.29 is 19.1 Å². The van der Waals surface area contributed by atoms with Crippen LogP contribution < -0.4 is 0 Å². The summed E-state index contributed by atoms with van der Waals surface area (Å²) >= 11 is 0. The van der Waals surface area contributed by atoms with Crippen LogP contribution in [0.25, 0.3) is 0 Å². The predicted molar refractivity (Wildman–Crippen MR) is 128 cm³/mol. The van der Waals surface area contributed by atoms with E-state index >= 15 is 0 Å². The summed E-state index contributed by atoms with van der Waals surface area (Å²) in [6.45, 7) is 13.3. The molecule has 0 spiro atoms. The number of allylic oxidation sites excluding steroid dienone is 2. The van der Waals surface area contributed by atoms with Gasteiger partial charge in [0.1, 0.15) is 0 Å². The van der Waals surface area contributed by atoms with Gasteiger partial charge < -0.3 is 9.52 Å². The van der Waals surface area contributed by atoms with Crippen molar-refractivity contribution >= 4 is 11.8 Å². The second-order valence-corrected chi connectivity index (χ2v) is 12.7. The summed E-state index contributed by atoms with van der Waals surface area (Å²) in [6, 6.07) is 1.87. The number of hydrogen-bond acceptors (Lipinski definition) is 3. The van der Waals surface area contributed by atoms with Gasteiger partial charge in [0.2, 0.25) is 5.78 Å². The number of carbonyl (C=O) groups excluding carboxylic acids is 1. The number of aliphatic carboxylic acids is 1. The quantitative estimate of drug-likeness (QED) is 0.387. The zero-order valence-electron chi connectivity index (χ0n) is 21.2. The molecule has 1 N–H and O–H groups in total. The number of fused-ring (bicyclic) bond motifs is 4. The predicted octanol–water partition coefficient (Wildman–Crippen LogP) is 7.22. The van der Waals surface area contributed by atoms with Crippen molar-refractivity contribution in [1.82, 2.24) is 0 Å². The van der Waals surface area contributed by atoms with Crippen molar-refractivity contribution in [2.45, 2.75) is 92.9 Å². The molecule has 2 fully saturated rings. The van der Waals surface area contributed by atoms with Gasteiger partial charge in [-0.2, -0.15) is 0 Å². The lowest BCUT2D eigenvalue weighted by atomic mass is 9.47. The minimum Gasteiger partial charge on any atom is -0.481 e. The van der Waals surface area contributed by atoms with Gasteiger partial charge in [-0.15, -0.1) is 0 Å². The third-order valence-corrected chi connectivity index (χ3v) is 11.5. The number of hydrogen-bond donors (Lipinski definition) is 1. The van der Waals surface area contributed by atoms with E-state index in [-0.39, 0.29) is 33.9 Å². The third kappa shape index (κ3) is 2.82. The smallest absolute Gasteiger partial charge is 0.309 e. The number of aryl methyl sites for hydroxylation is 1. The highest BCUT2D eigenvalue weighted by molar-refractivity contribution is 5.95. The SMILES string of the molecule is Cc1coc(C(=O)[C@@H](C)[C@H]2CC[C@@]3(C)C4=C(CC[C@]23C)[C@@]2(C)CC[C@@](C)(C(=O)O)[C@@H]2CC4)c1. The van der Waals surface area contributed by atoms with Gasteiger partial charge in [-0.1, -0.05) is 38.8 Å². The van der Waals surface area contributed by atoms with E-state index in [1.54, 1.807) is 17.4 Å². The van der Waals surface area contributed by atoms with Gasteiger partial charge in [-0.25, -0.2) is 0 Å². The Morgan fingerprint density at radius 1 is 1.03 bits per heavy atom. The number of carbonyl (C=O) groups is 2. The molecule has 1 aromatic heterocycles. The number of carboxylic acid groups (broad SMARTS) is 1. The molecule has 5 rings (SSSR count). The highest BCUT2D eigenvalue weighted by Crippen LogP contribution is 2.73. The largest absolute Gasteiger partial charge is 0.481 e. The lowest BCUT2D eigenvalue weighted by molar-refractivity contribution is -0.151. The van der Waals surface area contributed by atoms with E-state index < -0.39 is 11.4 Å². The van der Waals surface area contributed by atoms with Crippen LogP contribution in [0.2, 0.25) is 0 Å². The van der Waals surface area contributed by atoms with Crippen molar-refractivity contribution in [3.63, 3.8) is 0 Å². The Kier molecular flexibility index (Phi) is 4.92. The second kappa shape index (κ2) is 7.09. The van der Waals surface area contributed by atoms with Crippen LogP contribution in [-0.2, 0) is 4.79 Å². The molecule has 0 radical (unpaired) electrons. The zero-order valence-corrected chi connectivity index (χ0v) is 21.2. The van der Waals surface area contributed by atoms with Crippen molar-refractivity contribution in [2.75, 3.05) is 0 Å². The van der Waals surface area contributed by atoms with Crippen LogP contribution in [-0.4, -0.2) is 16.9 Å². The maximum absolute atomic E-state index is 13.3. The van der Waals surface area contributed by atoms with Gasteiger partial charge in [0, 0.05) is 5.92 Å². The third-order valence-electron chi connectivity index (χ3n) is 11.5. The average molecular weight is 453 g/mol. The topological polar surface area (TPSA) is 67.5 Å². The van der Waals surface area contributed by atoms with E-state index in [1.165, 1.54) is 0 Å². The summed E-state index contributed by atoms with van der Waals surface area (Å²) in [5.74, 6) is 0.538. The lowest BCUT2D eigenvalue weighted by Crippen LogP contribution is -2.49. The van der Waals surface area contributed by atoms with E-state index in [0.717, 1.165) is 56.9 Å². The molecule has 4 aliphatic carbocycles. The summed E-state index contributed by atoms with van der Waals surface area (Å²) in [6.07, 6.45) is 9.79. The molecule has 180 valence electrons. The molecule has 4 heteroatoms. The average Bonchev–Trinajstić information content (AvgIpc) is 3.40. The van der Waals surface area contributed by atoms with Crippen molar-refractivity contribution in [3.8, 4) is 0 Å². The highest BCUT2D eigenvalue weighted by Gasteiger charge is 2.65. The Hall–Kier alpha value is -1.84. The van der Waals surface area contributed by atoms with E-state index in [9.17, 15) is 14.7 Å². The molecule has 33 heavy (non-hydrogen) atoms. The molecule has 0 amide bonds. The fraction of sp³-hybridized carbons (Fsp3) is 0.724. The number of rotatable bonds is 4. The number of Topliss-reactive ketones (excluding diaryl/α,β-unsaturated/α-hetero) is 1. The molecule has 0 aliphatic heterocycles. The molecule has 0 bridgehead atoms. The maximum Gasteiger partial charge on any atom is 0.309 e. The Balaban J connectivity index is 1.49. The number of carboxylic acids is 1. The molecule has 4 nitrogen and oxygen atoms in total. The van der Waals surface area contributed by atoms with Crippen molar-refractivity contribution in [2.24, 2.45) is 39.4 Å². The second-order valence-electron chi connectivity index (χ2n) is 12.7. The number of furan rings is 1. The van der Waals surface area contributed by atoms with E-state index in [0.29, 0.717) is 11.7 Å². The minimum atomic E-state index is -0.617. The number of ketones is 1.